The Morgan fingerprint density at radius 3 is 2.65 bits per heavy atom. The van der Waals surface area contributed by atoms with Gasteiger partial charge >= 0.3 is 0 Å². The molecule has 0 aromatic heterocycles. The third-order valence-electron chi connectivity index (χ3n) is 2.51. The predicted octanol–water partition coefficient (Wildman–Crippen LogP) is 5.03. The molecule has 0 saturated carbocycles. The van der Waals surface area contributed by atoms with Gasteiger partial charge in [-0.2, -0.15) is 0 Å². The smallest absolute Gasteiger partial charge is 0.274 e. The Morgan fingerprint density at radius 2 is 2.05 bits per heavy atom. The zero-order valence-electron chi connectivity index (χ0n) is 9.98. The van der Waals surface area contributed by atoms with Crippen molar-refractivity contribution in [1.29, 1.82) is 0 Å². The molecular weight excluding hydrogens is 353 g/mol. The zero-order valence-corrected chi connectivity index (χ0v) is 12.3. The number of benzene rings is 2. The van der Waals surface area contributed by atoms with Gasteiger partial charge in [-0.1, -0.05) is 0 Å². The lowest BCUT2D eigenvalue weighted by molar-refractivity contribution is -0.385. The first-order valence-electron chi connectivity index (χ1n) is 5.47. The topological polar surface area (TPSA) is 52.4 Å². The van der Waals surface area contributed by atoms with E-state index in [1.165, 1.54) is 36.4 Å². The lowest BCUT2D eigenvalue weighted by Crippen LogP contribution is -1.94. The number of hydrogen-bond acceptors (Lipinski definition) is 3. The fraction of sp³-hybridized carbons (Fsp3) is 0.0769. The molecular formula is C13H8BrClFNO3. The molecule has 0 fully saturated rings. The van der Waals surface area contributed by atoms with Crippen molar-refractivity contribution in [2.24, 2.45) is 0 Å². The van der Waals surface area contributed by atoms with Crippen molar-refractivity contribution in [3.63, 3.8) is 0 Å². The van der Waals surface area contributed by atoms with Crippen molar-refractivity contribution in [1.82, 2.24) is 0 Å². The third-order valence-corrected chi connectivity index (χ3v) is 3.42. The largest absolute Gasteiger partial charge is 0.456 e. The molecule has 0 aliphatic carbocycles. The van der Waals surface area contributed by atoms with Crippen molar-refractivity contribution >= 4 is 33.2 Å². The Hall–Kier alpha value is -1.66. The van der Waals surface area contributed by atoms with Gasteiger partial charge in [-0.05, 0) is 46.3 Å². The Balaban J connectivity index is 2.32. The van der Waals surface area contributed by atoms with E-state index < -0.39 is 10.7 Å². The third kappa shape index (κ3) is 3.26. The molecule has 0 radical (unpaired) electrons. The summed E-state index contributed by atoms with van der Waals surface area (Å²) < 4.78 is 19.0. The van der Waals surface area contributed by atoms with E-state index in [2.05, 4.69) is 15.9 Å². The van der Waals surface area contributed by atoms with Gasteiger partial charge in [0.25, 0.3) is 5.69 Å². The number of halogens is 3. The van der Waals surface area contributed by atoms with E-state index in [0.717, 1.165) is 0 Å². The van der Waals surface area contributed by atoms with Gasteiger partial charge in [-0.25, -0.2) is 4.39 Å². The maximum atomic E-state index is 13.0. The molecule has 2 aromatic carbocycles. The highest BCUT2D eigenvalue weighted by molar-refractivity contribution is 9.10. The van der Waals surface area contributed by atoms with Crippen LogP contribution in [-0.4, -0.2) is 4.92 Å². The molecule has 0 N–H and O–H groups in total. The summed E-state index contributed by atoms with van der Waals surface area (Å²) >= 11 is 8.86. The number of nitro benzene ring substituents is 1. The first-order chi connectivity index (χ1) is 9.51. The van der Waals surface area contributed by atoms with Crippen LogP contribution >= 0.6 is 27.5 Å². The lowest BCUT2D eigenvalue weighted by atomic mass is 10.2. The monoisotopic (exact) mass is 359 g/mol. The van der Waals surface area contributed by atoms with E-state index in [1.807, 2.05) is 0 Å². The van der Waals surface area contributed by atoms with Crippen LogP contribution in [-0.2, 0) is 5.88 Å². The average Bonchev–Trinajstić information content (AvgIpc) is 2.41. The summed E-state index contributed by atoms with van der Waals surface area (Å²) in [5, 5.41) is 10.8. The molecule has 104 valence electrons. The van der Waals surface area contributed by atoms with Crippen LogP contribution in [0.15, 0.2) is 40.9 Å². The Bertz CT molecular complexity index is 666. The summed E-state index contributed by atoms with van der Waals surface area (Å²) in [5.74, 6) is 0.395. The standard InChI is InChI=1S/C13H8BrClFNO3/c14-11-6-9(16)1-4-13(11)20-10-2-3-12(17(18)19)8(5-10)7-15/h1-6H,7H2. The Morgan fingerprint density at radius 1 is 1.30 bits per heavy atom. The molecule has 0 aliphatic rings. The van der Waals surface area contributed by atoms with Crippen LogP contribution in [0.4, 0.5) is 10.1 Å². The van der Waals surface area contributed by atoms with Crippen molar-refractivity contribution in [2.45, 2.75) is 5.88 Å². The van der Waals surface area contributed by atoms with Gasteiger partial charge in [0, 0.05) is 11.6 Å². The molecule has 0 bridgehead atoms. The van der Waals surface area contributed by atoms with E-state index in [0.29, 0.717) is 21.5 Å². The van der Waals surface area contributed by atoms with Crippen LogP contribution in [0.5, 0.6) is 11.5 Å². The normalized spacial score (nSPS) is 10.3. The second-order valence-corrected chi connectivity index (χ2v) is 4.98. The number of hydrogen-bond donors (Lipinski definition) is 0. The van der Waals surface area contributed by atoms with Crippen molar-refractivity contribution in [3.8, 4) is 11.5 Å². The van der Waals surface area contributed by atoms with Crippen LogP contribution in [0, 0.1) is 15.9 Å². The molecule has 0 aliphatic heterocycles. The molecule has 0 spiro atoms. The molecule has 20 heavy (non-hydrogen) atoms. The minimum atomic E-state index is -0.505. The van der Waals surface area contributed by atoms with Gasteiger partial charge in [0.15, 0.2) is 0 Å². The fourth-order valence-corrected chi connectivity index (χ4v) is 2.24. The molecule has 4 nitrogen and oxygen atoms in total. The van der Waals surface area contributed by atoms with Crippen molar-refractivity contribution in [2.75, 3.05) is 0 Å². The molecule has 0 unspecified atom stereocenters. The second-order valence-electron chi connectivity index (χ2n) is 3.86. The first kappa shape index (κ1) is 14.7. The Kier molecular flexibility index (Phi) is 4.57. The minimum absolute atomic E-state index is 0.00188. The van der Waals surface area contributed by atoms with Crippen LogP contribution in [0.25, 0.3) is 0 Å². The van der Waals surface area contributed by atoms with Gasteiger partial charge in [0.1, 0.15) is 17.3 Å². The number of nitrogens with zero attached hydrogens (tertiary/aromatic N) is 1. The number of alkyl halides is 1. The maximum Gasteiger partial charge on any atom is 0.274 e. The summed E-state index contributed by atoms with van der Waals surface area (Å²) in [4.78, 5) is 10.3. The van der Waals surface area contributed by atoms with Crippen LogP contribution in [0.3, 0.4) is 0 Å². The highest BCUT2D eigenvalue weighted by Crippen LogP contribution is 2.32. The molecule has 2 rings (SSSR count). The van der Waals surface area contributed by atoms with Crippen LogP contribution in [0.1, 0.15) is 5.56 Å². The molecule has 0 saturated heterocycles. The summed E-state index contributed by atoms with van der Waals surface area (Å²) in [7, 11) is 0. The molecule has 7 heteroatoms. The number of rotatable bonds is 4. The Labute approximate surface area is 127 Å². The van der Waals surface area contributed by atoms with E-state index >= 15 is 0 Å². The van der Waals surface area contributed by atoms with Gasteiger partial charge in [-0.3, -0.25) is 10.1 Å². The highest BCUT2D eigenvalue weighted by Gasteiger charge is 2.14. The average molecular weight is 361 g/mol. The van der Waals surface area contributed by atoms with Crippen LogP contribution in [0.2, 0.25) is 0 Å². The van der Waals surface area contributed by atoms with Crippen molar-refractivity contribution < 1.29 is 14.1 Å². The highest BCUT2D eigenvalue weighted by atomic mass is 79.9. The first-order valence-corrected chi connectivity index (χ1v) is 6.80. The minimum Gasteiger partial charge on any atom is -0.456 e. The quantitative estimate of drug-likeness (QED) is 0.436. The number of nitro groups is 1. The fourth-order valence-electron chi connectivity index (χ4n) is 1.60. The van der Waals surface area contributed by atoms with Gasteiger partial charge in [0.05, 0.1) is 15.3 Å². The summed E-state index contributed by atoms with van der Waals surface area (Å²) in [6.45, 7) is 0. The summed E-state index contributed by atoms with van der Waals surface area (Å²) in [5.41, 5.74) is 0.290. The SMILES string of the molecule is O=[N+]([O-])c1ccc(Oc2ccc(F)cc2Br)cc1CCl. The molecule has 2 aromatic rings. The summed E-state index contributed by atoms with van der Waals surface area (Å²) in [6.07, 6.45) is 0. The summed E-state index contributed by atoms with van der Waals surface area (Å²) in [6, 6.07) is 8.26. The van der Waals surface area contributed by atoms with Crippen molar-refractivity contribution in [3.05, 3.63) is 62.4 Å². The lowest BCUT2D eigenvalue weighted by Gasteiger charge is -2.09. The maximum absolute atomic E-state index is 13.0. The second kappa shape index (κ2) is 6.19. The number of ether oxygens (including phenoxy) is 1. The molecule has 0 heterocycles. The van der Waals surface area contributed by atoms with E-state index in [-0.39, 0.29) is 11.6 Å². The van der Waals surface area contributed by atoms with Gasteiger partial charge < -0.3 is 4.74 Å². The predicted molar refractivity (Wildman–Crippen MR) is 76.8 cm³/mol. The van der Waals surface area contributed by atoms with Gasteiger partial charge in [0.2, 0.25) is 0 Å². The molecule has 0 amide bonds. The zero-order chi connectivity index (χ0) is 14.7. The van der Waals surface area contributed by atoms with E-state index in [4.69, 9.17) is 16.3 Å². The van der Waals surface area contributed by atoms with E-state index in [9.17, 15) is 14.5 Å². The van der Waals surface area contributed by atoms with Crippen LogP contribution < -0.4 is 4.74 Å². The van der Waals surface area contributed by atoms with Gasteiger partial charge in [-0.15, -0.1) is 11.6 Å². The van der Waals surface area contributed by atoms with E-state index in [1.54, 1.807) is 0 Å². The molecule has 0 atom stereocenters.